The van der Waals surface area contributed by atoms with Crippen LogP contribution in [0.2, 0.25) is 0 Å². The maximum absolute atomic E-state index is 11.4. The first-order valence-corrected chi connectivity index (χ1v) is 5.41. The number of carbonyl (C=O) groups excluding carboxylic acids is 1. The number of hydrogen-bond donors (Lipinski definition) is 2. The predicted octanol–water partition coefficient (Wildman–Crippen LogP) is 0.666. The molecule has 1 aromatic rings. The van der Waals surface area contributed by atoms with Crippen molar-refractivity contribution in [3.05, 3.63) is 34.9 Å². The van der Waals surface area contributed by atoms with Gasteiger partial charge in [0.05, 0.1) is 6.61 Å². The van der Waals surface area contributed by atoms with E-state index in [-0.39, 0.29) is 5.91 Å². The minimum absolute atomic E-state index is 0.0359. The lowest BCUT2D eigenvalue weighted by Crippen LogP contribution is -2.18. The van der Waals surface area contributed by atoms with Crippen molar-refractivity contribution in [3.63, 3.8) is 0 Å². The summed E-state index contributed by atoms with van der Waals surface area (Å²) in [5.41, 5.74) is 3.03. The maximum Gasteiger partial charge on any atom is 0.251 e. The summed E-state index contributed by atoms with van der Waals surface area (Å²) in [4.78, 5) is 11.4. The Labute approximate surface area is 95.0 Å². The third-order valence-electron chi connectivity index (χ3n) is 2.67. The third-order valence-corrected chi connectivity index (χ3v) is 2.67. The van der Waals surface area contributed by atoms with Crippen molar-refractivity contribution in [2.24, 2.45) is 0 Å². The molecule has 0 atom stereocenters. The number of fused-ring (bicyclic) bond motifs is 1. The third kappa shape index (κ3) is 2.40. The van der Waals surface area contributed by atoms with Crippen molar-refractivity contribution in [2.75, 3.05) is 20.3 Å². The van der Waals surface area contributed by atoms with Crippen LogP contribution in [-0.2, 0) is 17.8 Å². The molecule has 0 saturated heterocycles. The summed E-state index contributed by atoms with van der Waals surface area (Å²) in [6.07, 6.45) is 0. The number of nitrogens with one attached hydrogen (secondary N) is 2. The van der Waals surface area contributed by atoms with E-state index in [4.69, 9.17) is 4.74 Å². The second-order valence-electron chi connectivity index (χ2n) is 3.84. The summed E-state index contributed by atoms with van der Waals surface area (Å²) in [5.74, 6) is 0.0359. The van der Waals surface area contributed by atoms with E-state index in [2.05, 4.69) is 16.7 Å². The Bertz CT molecular complexity index is 391. The highest BCUT2D eigenvalue weighted by molar-refractivity contribution is 5.98. The van der Waals surface area contributed by atoms with Gasteiger partial charge in [0.25, 0.3) is 5.91 Å². The molecule has 1 aliphatic heterocycles. The second-order valence-corrected chi connectivity index (χ2v) is 3.84. The molecule has 1 aliphatic rings. The highest BCUT2D eigenvalue weighted by atomic mass is 16.5. The van der Waals surface area contributed by atoms with E-state index < -0.39 is 0 Å². The number of hydrogen-bond acceptors (Lipinski definition) is 3. The summed E-state index contributed by atoms with van der Waals surface area (Å²) in [7, 11) is 1.68. The van der Waals surface area contributed by atoms with E-state index in [1.165, 1.54) is 0 Å². The standard InChI is InChI=1S/C12H16N2O2/c1-16-5-4-13-7-9-2-3-10-8-14-12(15)11(10)6-9/h2-3,6,13H,4-5,7-8H2,1H3,(H,14,15). The lowest BCUT2D eigenvalue weighted by Gasteiger charge is -2.05. The fourth-order valence-electron chi connectivity index (χ4n) is 1.78. The van der Waals surface area contributed by atoms with Gasteiger partial charge < -0.3 is 15.4 Å². The monoisotopic (exact) mass is 220 g/mol. The van der Waals surface area contributed by atoms with E-state index in [1.807, 2.05) is 12.1 Å². The van der Waals surface area contributed by atoms with Crippen molar-refractivity contribution in [1.29, 1.82) is 0 Å². The lowest BCUT2D eigenvalue weighted by atomic mass is 10.1. The highest BCUT2D eigenvalue weighted by Gasteiger charge is 2.18. The molecule has 0 fully saturated rings. The van der Waals surface area contributed by atoms with Crippen molar-refractivity contribution < 1.29 is 9.53 Å². The van der Waals surface area contributed by atoms with Gasteiger partial charge in [-0.25, -0.2) is 0 Å². The second kappa shape index (κ2) is 5.09. The smallest absolute Gasteiger partial charge is 0.251 e. The molecular weight excluding hydrogens is 204 g/mol. The molecule has 0 spiro atoms. The normalized spacial score (nSPS) is 13.7. The fourth-order valence-corrected chi connectivity index (χ4v) is 1.78. The molecule has 0 bridgehead atoms. The van der Waals surface area contributed by atoms with Crippen molar-refractivity contribution in [1.82, 2.24) is 10.6 Å². The Morgan fingerprint density at radius 3 is 3.19 bits per heavy atom. The number of carbonyl (C=O) groups is 1. The van der Waals surface area contributed by atoms with Gasteiger partial charge >= 0.3 is 0 Å². The van der Waals surface area contributed by atoms with Crippen molar-refractivity contribution in [3.8, 4) is 0 Å². The van der Waals surface area contributed by atoms with E-state index in [0.29, 0.717) is 13.2 Å². The van der Waals surface area contributed by atoms with Gasteiger partial charge in [-0.15, -0.1) is 0 Å². The Hall–Kier alpha value is -1.39. The summed E-state index contributed by atoms with van der Waals surface area (Å²) in [6.45, 7) is 2.95. The van der Waals surface area contributed by atoms with Gasteiger partial charge in [0.1, 0.15) is 0 Å². The lowest BCUT2D eigenvalue weighted by molar-refractivity contribution is 0.0965. The molecule has 4 nitrogen and oxygen atoms in total. The van der Waals surface area contributed by atoms with E-state index >= 15 is 0 Å². The molecule has 16 heavy (non-hydrogen) atoms. The Balaban J connectivity index is 1.96. The van der Waals surface area contributed by atoms with Crippen LogP contribution in [-0.4, -0.2) is 26.2 Å². The first-order valence-electron chi connectivity index (χ1n) is 5.41. The molecule has 0 unspecified atom stereocenters. The van der Waals surface area contributed by atoms with Crippen molar-refractivity contribution >= 4 is 5.91 Å². The van der Waals surface area contributed by atoms with Crippen LogP contribution in [0, 0.1) is 0 Å². The Morgan fingerprint density at radius 1 is 1.50 bits per heavy atom. The Kier molecular flexibility index (Phi) is 3.54. The zero-order valence-electron chi connectivity index (χ0n) is 9.38. The van der Waals surface area contributed by atoms with Gasteiger partial charge in [0.15, 0.2) is 0 Å². The predicted molar refractivity (Wildman–Crippen MR) is 61.2 cm³/mol. The molecule has 1 aromatic carbocycles. The molecule has 4 heteroatoms. The molecule has 2 N–H and O–H groups in total. The molecular formula is C12H16N2O2. The maximum atomic E-state index is 11.4. The van der Waals surface area contributed by atoms with Crippen LogP contribution in [0.1, 0.15) is 21.5 Å². The largest absolute Gasteiger partial charge is 0.383 e. The summed E-state index contributed by atoms with van der Waals surface area (Å²) < 4.78 is 4.94. The van der Waals surface area contributed by atoms with Crippen LogP contribution in [0.4, 0.5) is 0 Å². The average Bonchev–Trinajstić information content (AvgIpc) is 2.67. The van der Waals surface area contributed by atoms with E-state index in [1.54, 1.807) is 7.11 Å². The van der Waals surface area contributed by atoms with Crippen LogP contribution >= 0.6 is 0 Å². The van der Waals surface area contributed by atoms with Gasteiger partial charge in [-0.05, 0) is 17.2 Å². The first kappa shape index (κ1) is 11.1. The van der Waals surface area contributed by atoms with Crippen LogP contribution in [0.3, 0.4) is 0 Å². The summed E-state index contributed by atoms with van der Waals surface area (Å²) in [5, 5.41) is 6.06. The number of methoxy groups -OCH3 is 1. The number of rotatable bonds is 5. The van der Waals surface area contributed by atoms with Gasteiger partial charge in [0, 0.05) is 32.3 Å². The zero-order chi connectivity index (χ0) is 11.4. The number of amides is 1. The van der Waals surface area contributed by atoms with Crippen LogP contribution in [0.15, 0.2) is 18.2 Å². The first-order chi connectivity index (χ1) is 7.81. The quantitative estimate of drug-likeness (QED) is 0.717. The average molecular weight is 220 g/mol. The van der Waals surface area contributed by atoms with Gasteiger partial charge in [-0.1, -0.05) is 12.1 Å². The van der Waals surface area contributed by atoms with Crippen molar-refractivity contribution in [2.45, 2.75) is 13.1 Å². The number of benzene rings is 1. The molecule has 0 radical (unpaired) electrons. The molecule has 0 aliphatic carbocycles. The Morgan fingerprint density at radius 2 is 2.38 bits per heavy atom. The minimum atomic E-state index is 0.0359. The summed E-state index contributed by atoms with van der Waals surface area (Å²) >= 11 is 0. The minimum Gasteiger partial charge on any atom is -0.383 e. The van der Waals surface area contributed by atoms with Crippen LogP contribution < -0.4 is 10.6 Å². The zero-order valence-corrected chi connectivity index (χ0v) is 9.38. The fraction of sp³-hybridized carbons (Fsp3) is 0.417. The molecule has 0 saturated carbocycles. The molecule has 1 heterocycles. The molecule has 1 amide bonds. The van der Waals surface area contributed by atoms with Crippen LogP contribution in [0.5, 0.6) is 0 Å². The van der Waals surface area contributed by atoms with E-state index in [9.17, 15) is 4.79 Å². The highest BCUT2D eigenvalue weighted by Crippen LogP contribution is 2.16. The molecule has 86 valence electrons. The summed E-state index contributed by atoms with van der Waals surface area (Å²) in [6, 6.07) is 6.02. The van der Waals surface area contributed by atoms with Gasteiger partial charge in [-0.3, -0.25) is 4.79 Å². The molecule has 0 aromatic heterocycles. The topological polar surface area (TPSA) is 50.4 Å². The van der Waals surface area contributed by atoms with E-state index in [0.717, 1.165) is 29.8 Å². The van der Waals surface area contributed by atoms with Crippen LogP contribution in [0.25, 0.3) is 0 Å². The molecule has 2 rings (SSSR count). The van der Waals surface area contributed by atoms with Gasteiger partial charge in [-0.2, -0.15) is 0 Å². The number of ether oxygens (including phenoxy) is 1. The van der Waals surface area contributed by atoms with Gasteiger partial charge in [0.2, 0.25) is 0 Å². The SMILES string of the molecule is COCCNCc1ccc2c(c1)C(=O)NC2.